The van der Waals surface area contributed by atoms with Gasteiger partial charge in [0.1, 0.15) is 18.4 Å². The number of rotatable bonds is 9. The van der Waals surface area contributed by atoms with E-state index in [1.165, 1.54) is 0 Å². The number of hydrogen-bond donors (Lipinski definition) is 2. The molecule has 10 heteroatoms. The molecule has 0 aliphatic carbocycles. The van der Waals surface area contributed by atoms with Crippen LogP contribution in [-0.2, 0) is 4.74 Å². The Morgan fingerprint density at radius 3 is 2.55 bits per heavy atom. The molecule has 1 fully saturated rings. The van der Waals surface area contributed by atoms with Gasteiger partial charge in [-0.15, -0.1) is 0 Å². The van der Waals surface area contributed by atoms with Crippen molar-refractivity contribution in [2.75, 3.05) is 25.2 Å². The van der Waals surface area contributed by atoms with Gasteiger partial charge in [0.05, 0.1) is 28.9 Å². The molecule has 0 spiro atoms. The molecule has 0 bridgehead atoms. The quantitative estimate of drug-likeness (QED) is 0.211. The summed E-state index contributed by atoms with van der Waals surface area (Å²) in [5.74, 6) is -0.409. The van der Waals surface area contributed by atoms with Crippen LogP contribution in [0.15, 0.2) is 85.2 Å². The summed E-state index contributed by atoms with van der Waals surface area (Å²) in [6.07, 6.45) is 3.70. The van der Waals surface area contributed by atoms with Gasteiger partial charge in [-0.1, -0.05) is 17.7 Å². The first-order chi connectivity index (χ1) is 18.5. The smallest absolute Gasteiger partial charge is 0.335 e. The number of carbonyl (C=O) groups is 1. The number of anilines is 1. The molecule has 38 heavy (non-hydrogen) atoms. The summed E-state index contributed by atoms with van der Waals surface area (Å²) in [6, 6.07) is 21.6. The average molecular weight is 549 g/mol. The molecule has 5 rings (SSSR count). The van der Waals surface area contributed by atoms with Crippen LogP contribution in [0.3, 0.4) is 0 Å². The van der Waals surface area contributed by atoms with Crippen molar-refractivity contribution < 1.29 is 19.4 Å². The molecule has 2 N–H and O–H groups in total. The predicted octanol–water partition coefficient (Wildman–Crippen LogP) is 5.43. The highest BCUT2D eigenvalue weighted by Crippen LogP contribution is 2.43. The zero-order valence-electron chi connectivity index (χ0n) is 20.5. The maximum Gasteiger partial charge on any atom is 0.335 e. The Morgan fingerprint density at radius 2 is 1.87 bits per heavy atom. The fourth-order valence-electron chi connectivity index (χ4n) is 4.56. The number of benzene rings is 2. The molecule has 1 saturated heterocycles. The van der Waals surface area contributed by atoms with E-state index in [1.54, 1.807) is 37.6 Å². The van der Waals surface area contributed by atoms with Gasteiger partial charge >= 0.3 is 5.97 Å². The molecule has 4 aromatic rings. The summed E-state index contributed by atoms with van der Waals surface area (Å²) < 4.78 is 12.8. The molecule has 0 saturated carbocycles. The number of aromatic nitrogens is 2. The number of carboxylic acid groups (broad SMARTS) is 1. The Balaban J connectivity index is 1.57. The number of halogens is 1. The third kappa shape index (κ3) is 5.08. The number of ether oxygens (including phenoxy) is 2. The fourth-order valence-corrected chi connectivity index (χ4v) is 5.14. The Bertz CT molecular complexity index is 1450. The lowest BCUT2D eigenvalue weighted by atomic mass is 10.0. The van der Waals surface area contributed by atoms with Gasteiger partial charge in [-0.2, -0.15) is 0 Å². The van der Waals surface area contributed by atoms with Gasteiger partial charge in [0.25, 0.3) is 0 Å². The van der Waals surface area contributed by atoms with Crippen LogP contribution in [0.5, 0.6) is 5.75 Å². The molecule has 194 valence electrons. The maximum atomic E-state index is 11.4. The van der Waals surface area contributed by atoms with E-state index in [0.29, 0.717) is 29.1 Å². The summed E-state index contributed by atoms with van der Waals surface area (Å²) >= 11 is 12.4. The Hall–Kier alpha value is -3.92. The van der Waals surface area contributed by atoms with Gasteiger partial charge in [-0.05, 0) is 78.9 Å². The average Bonchev–Trinajstić information content (AvgIpc) is 3.54. The molecule has 1 aliphatic rings. The molecule has 2 unspecified atom stereocenters. The third-order valence-corrected chi connectivity index (χ3v) is 6.92. The standard InChI is InChI=1S/C28H25ClN4O4S/c1-36-15-16-37-24-12-11-20(17-21(24)29)33-26(25(31-28(33)38)22-5-2-3-13-30-22)23-6-4-14-32(23)19-9-7-18(8-10-19)27(34)35/h2-14,17,25-26H,15-16H2,1H3,(H,31,38)(H,34,35). The van der Waals surface area contributed by atoms with E-state index in [-0.39, 0.29) is 17.6 Å². The van der Waals surface area contributed by atoms with Gasteiger partial charge in [-0.3, -0.25) is 4.98 Å². The van der Waals surface area contributed by atoms with Crippen molar-refractivity contribution in [2.24, 2.45) is 0 Å². The molecule has 0 amide bonds. The van der Waals surface area contributed by atoms with E-state index < -0.39 is 5.97 Å². The number of carboxylic acids is 1. The van der Waals surface area contributed by atoms with Crippen molar-refractivity contribution >= 4 is 40.6 Å². The van der Waals surface area contributed by atoms with E-state index in [2.05, 4.69) is 10.3 Å². The maximum absolute atomic E-state index is 11.4. The number of methoxy groups -OCH3 is 1. The first-order valence-electron chi connectivity index (χ1n) is 11.9. The lowest BCUT2D eigenvalue weighted by molar-refractivity contribution is 0.0697. The monoisotopic (exact) mass is 548 g/mol. The highest BCUT2D eigenvalue weighted by molar-refractivity contribution is 7.80. The first-order valence-corrected chi connectivity index (χ1v) is 12.7. The van der Waals surface area contributed by atoms with E-state index in [0.717, 1.165) is 22.8 Å². The van der Waals surface area contributed by atoms with Gasteiger partial charge < -0.3 is 29.4 Å². The molecule has 8 nitrogen and oxygen atoms in total. The summed E-state index contributed by atoms with van der Waals surface area (Å²) in [6.45, 7) is 0.842. The zero-order chi connectivity index (χ0) is 26.6. The molecule has 0 radical (unpaired) electrons. The molecule has 2 aromatic carbocycles. The number of nitrogens with one attached hydrogen (secondary N) is 1. The molecule has 3 heterocycles. The number of nitrogens with zero attached hydrogens (tertiary/aromatic N) is 3. The number of thiocarbonyl (C=S) groups is 1. The highest BCUT2D eigenvalue weighted by atomic mass is 35.5. The SMILES string of the molecule is COCCOc1ccc(N2C(=S)NC(c3ccccn3)C2c2cccn2-c2ccc(C(=O)O)cc2)cc1Cl. The van der Waals surface area contributed by atoms with Crippen LogP contribution in [0.1, 0.15) is 33.8 Å². The summed E-state index contributed by atoms with van der Waals surface area (Å²) in [4.78, 5) is 18.0. The minimum atomic E-state index is -0.970. The number of aromatic carboxylic acids is 1. The second-order valence-electron chi connectivity index (χ2n) is 8.61. The highest BCUT2D eigenvalue weighted by Gasteiger charge is 2.42. The Labute approximate surface area is 230 Å². The van der Waals surface area contributed by atoms with Crippen LogP contribution < -0.4 is 15.0 Å². The normalized spacial score (nSPS) is 16.9. The predicted molar refractivity (Wildman–Crippen MR) is 149 cm³/mol. The second-order valence-corrected chi connectivity index (χ2v) is 9.40. The van der Waals surface area contributed by atoms with E-state index in [4.69, 9.17) is 33.3 Å². The fraction of sp³-hybridized carbons (Fsp3) is 0.179. The van der Waals surface area contributed by atoms with Crippen LogP contribution in [0.4, 0.5) is 5.69 Å². The minimum absolute atomic E-state index is 0.224. The summed E-state index contributed by atoms with van der Waals surface area (Å²) in [5.41, 5.74) is 3.62. The molecule has 1 aliphatic heterocycles. The summed E-state index contributed by atoms with van der Waals surface area (Å²) in [7, 11) is 1.61. The van der Waals surface area contributed by atoms with E-state index in [1.807, 2.05) is 64.2 Å². The van der Waals surface area contributed by atoms with Crippen molar-refractivity contribution in [1.82, 2.24) is 14.9 Å². The van der Waals surface area contributed by atoms with Crippen LogP contribution in [0.25, 0.3) is 5.69 Å². The number of hydrogen-bond acceptors (Lipinski definition) is 5. The first kappa shape index (κ1) is 25.7. The van der Waals surface area contributed by atoms with Crippen molar-refractivity contribution in [3.8, 4) is 11.4 Å². The molecule has 2 atom stereocenters. The number of pyridine rings is 1. The lowest BCUT2D eigenvalue weighted by Crippen LogP contribution is -2.30. The van der Waals surface area contributed by atoms with Crippen LogP contribution in [0, 0.1) is 0 Å². The van der Waals surface area contributed by atoms with Crippen LogP contribution in [0.2, 0.25) is 5.02 Å². The largest absolute Gasteiger partial charge is 0.490 e. The van der Waals surface area contributed by atoms with Crippen LogP contribution >= 0.6 is 23.8 Å². The molecule has 2 aromatic heterocycles. The van der Waals surface area contributed by atoms with E-state index >= 15 is 0 Å². The molecular weight excluding hydrogens is 524 g/mol. The van der Waals surface area contributed by atoms with Gasteiger partial charge in [0.15, 0.2) is 5.11 Å². The topological polar surface area (TPSA) is 88.9 Å². The Kier molecular flexibility index (Phi) is 7.59. The third-order valence-electron chi connectivity index (χ3n) is 6.31. The van der Waals surface area contributed by atoms with Gasteiger partial charge in [0.2, 0.25) is 0 Å². The van der Waals surface area contributed by atoms with Crippen molar-refractivity contribution in [3.63, 3.8) is 0 Å². The van der Waals surface area contributed by atoms with E-state index in [9.17, 15) is 9.90 Å². The lowest BCUT2D eigenvalue weighted by Gasteiger charge is -2.29. The van der Waals surface area contributed by atoms with Crippen molar-refractivity contribution in [1.29, 1.82) is 0 Å². The zero-order valence-corrected chi connectivity index (χ0v) is 22.0. The summed E-state index contributed by atoms with van der Waals surface area (Å²) in [5, 5.41) is 13.8. The van der Waals surface area contributed by atoms with Crippen molar-refractivity contribution in [3.05, 3.63) is 107 Å². The second kappa shape index (κ2) is 11.2. The van der Waals surface area contributed by atoms with Crippen LogP contribution in [-0.4, -0.2) is 46.1 Å². The Morgan fingerprint density at radius 1 is 1.08 bits per heavy atom. The minimum Gasteiger partial charge on any atom is -0.490 e. The van der Waals surface area contributed by atoms with Gasteiger partial charge in [-0.25, -0.2) is 4.79 Å². The van der Waals surface area contributed by atoms with Crippen molar-refractivity contribution in [2.45, 2.75) is 12.1 Å². The molecular formula is C28H25ClN4O4S. The van der Waals surface area contributed by atoms with Gasteiger partial charge in [0, 0.05) is 36.6 Å².